The fourth-order valence-electron chi connectivity index (χ4n) is 3.09. The molecule has 4 nitrogen and oxygen atoms in total. The van der Waals surface area contributed by atoms with E-state index in [1.54, 1.807) is 0 Å². The molecule has 0 spiro atoms. The fourth-order valence-corrected chi connectivity index (χ4v) is 3.09. The normalized spacial score (nSPS) is 31.4. The molecular formula is C13H18F3NO3. The Morgan fingerprint density at radius 1 is 1.00 bits per heavy atom. The Morgan fingerprint density at radius 2 is 1.60 bits per heavy atom. The minimum atomic E-state index is -4.17. The topological polar surface area (TPSA) is 57.6 Å². The van der Waals surface area contributed by atoms with E-state index in [1.165, 1.54) is 4.90 Å². The molecule has 114 valence electrons. The first-order valence-corrected chi connectivity index (χ1v) is 6.87. The summed E-state index contributed by atoms with van der Waals surface area (Å²) in [5.74, 6) is -3.29. The summed E-state index contributed by atoms with van der Waals surface area (Å²) < 4.78 is 37.6. The minimum absolute atomic E-state index is 0.00386. The van der Waals surface area contributed by atoms with E-state index in [0.717, 1.165) is 0 Å². The molecule has 1 aliphatic carbocycles. The number of rotatable bonds is 2. The van der Waals surface area contributed by atoms with Crippen LogP contribution in [0.3, 0.4) is 0 Å². The van der Waals surface area contributed by atoms with Crippen molar-refractivity contribution < 1.29 is 27.9 Å². The smallest absolute Gasteiger partial charge is 0.391 e. The summed E-state index contributed by atoms with van der Waals surface area (Å²) in [7, 11) is 0. The van der Waals surface area contributed by atoms with E-state index in [-0.39, 0.29) is 44.1 Å². The fraction of sp³-hybridized carbons (Fsp3) is 0.846. The second-order valence-electron chi connectivity index (χ2n) is 5.70. The van der Waals surface area contributed by atoms with Gasteiger partial charge in [-0.15, -0.1) is 0 Å². The third kappa shape index (κ3) is 3.24. The van der Waals surface area contributed by atoms with Gasteiger partial charge in [0, 0.05) is 19.0 Å². The van der Waals surface area contributed by atoms with Crippen LogP contribution in [0.15, 0.2) is 0 Å². The Bertz CT molecular complexity index is 389. The van der Waals surface area contributed by atoms with Gasteiger partial charge in [-0.1, -0.05) is 0 Å². The molecule has 0 bridgehead atoms. The molecular weight excluding hydrogens is 275 g/mol. The predicted octanol–water partition coefficient (Wildman–Crippen LogP) is 2.29. The molecule has 20 heavy (non-hydrogen) atoms. The van der Waals surface area contributed by atoms with Crippen molar-refractivity contribution in [2.45, 2.75) is 38.3 Å². The molecule has 0 aromatic heterocycles. The summed E-state index contributed by atoms with van der Waals surface area (Å²) in [6.07, 6.45) is -3.25. The van der Waals surface area contributed by atoms with Crippen LogP contribution in [0.1, 0.15) is 32.1 Å². The molecule has 1 heterocycles. The van der Waals surface area contributed by atoms with Gasteiger partial charge in [0.05, 0.1) is 11.8 Å². The van der Waals surface area contributed by atoms with Crippen molar-refractivity contribution in [1.29, 1.82) is 0 Å². The SMILES string of the molecule is O=C(O)C1CCN(C(=O)C2CCC(C(F)(F)F)CC2)C1. The van der Waals surface area contributed by atoms with E-state index < -0.39 is 24.0 Å². The lowest BCUT2D eigenvalue weighted by molar-refractivity contribution is -0.185. The number of amides is 1. The van der Waals surface area contributed by atoms with E-state index in [2.05, 4.69) is 0 Å². The molecule has 0 aromatic carbocycles. The van der Waals surface area contributed by atoms with Gasteiger partial charge in [-0.3, -0.25) is 9.59 Å². The van der Waals surface area contributed by atoms with Crippen LogP contribution in [-0.4, -0.2) is 41.1 Å². The highest BCUT2D eigenvalue weighted by atomic mass is 19.4. The number of alkyl halides is 3. The Balaban J connectivity index is 1.85. The molecule has 1 unspecified atom stereocenters. The van der Waals surface area contributed by atoms with Gasteiger partial charge in [-0.05, 0) is 32.1 Å². The van der Waals surface area contributed by atoms with Crippen molar-refractivity contribution in [3.05, 3.63) is 0 Å². The lowest BCUT2D eigenvalue weighted by atomic mass is 9.81. The van der Waals surface area contributed by atoms with Crippen molar-refractivity contribution in [3.8, 4) is 0 Å². The zero-order valence-corrected chi connectivity index (χ0v) is 11.0. The maximum absolute atomic E-state index is 12.5. The van der Waals surface area contributed by atoms with Crippen LogP contribution in [0.2, 0.25) is 0 Å². The minimum Gasteiger partial charge on any atom is -0.481 e. The van der Waals surface area contributed by atoms with E-state index in [0.29, 0.717) is 13.0 Å². The van der Waals surface area contributed by atoms with Gasteiger partial charge in [-0.25, -0.2) is 0 Å². The third-order valence-electron chi connectivity index (χ3n) is 4.39. The summed E-state index contributed by atoms with van der Waals surface area (Å²) in [6.45, 7) is 0.586. The van der Waals surface area contributed by atoms with Gasteiger partial charge >= 0.3 is 12.1 Å². The number of carboxylic acids is 1. The highest BCUT2D eigenvalue weighted by Gasteiger charge is 2.43. The van der Waals surface area contributed by atoms with E-state index in [4.69, 9.17) is 5.11 Å². The Labute approximate surface area is 114 Å². The van der Waals surface area contributed by atoms with Crippen LogP contribution in [0.25, 0.3) is 0 Å². The molecule has 2 rings (SSSR count). The molecule has 0 aromatic rings. The number of hydrogen-bond acceptors (Lipinski definition) is 2. The van der Waals surface area contributed by atoms with Gasteiger partial charge in [-0.2, -0.15) is 13.2 Å². The number of carbonyl (C=O) groups excluding carboxylic acids is 1. The first-order chi connectivity index (χ1) is 9.29. The van der Waals surface area contributed by atoms with Crippen molar-refractivity contribution in [1.82, 2.24) is 4.90 Å². The summed E-state index contributed by atoms with van der Waals surface area (Å²) in [5, 5.41) is 8.88. The third-order valence-corrected chi connectivity index (χ3v) is 4.39. The Morgan fingerprint density at radius 3 is 2.05 bits per heavy atom. The molecule has 7 heteroatoms. The van der Waals surface area contributed by atoms with Gasteiger partial charge in [0.15, 0.2) is 0 Å². The second-order valence-corrected chi connectivity index (χ2v) is 5.70. The van der Waals surface area contributed by atoms with Gasteiger partial charge in [0.25, 0.3) is 0 Å². The quantitative estimate of drug-likeness (QED) is 0.850. The summed E-state index contributed by atoms with van der Waals surface area (Å²) in [6, 6.07) is 0. The van der Waals surface area contributed by atoms with Crippen molar-refractivity contribution >= 4 is 11.9 Å². The van der Waals surface area contributed by atoms with Gasteiger partial charge < -0.3 is 10.0 Å². The summed E-state index contributed by atoms with van der Waals surface area (Å²) in [4.78, 5) is 24.5. The van der Waals surface area contributed by atoms with Crippen molar-refractivity contribution in [2.24, 2.45) is 17.8 Å². The molecule has 0 radical (unpaired) electrons. The molecule has 2 fully saturated rings. The number of halogens is 3. The molecule has 1 saturated heterocycles. The monoisotopic (exact) mass is 293 g/mol. The average Bonchev–Trinajstić information content (AvgIpc) is 2.86. The van der Waals surface area contributed by atoms with Crippen LogP contribution in [0, 0.1) is 17.8 Å². The molecule has 2 aliphatic rings. The van der Waals surface area contributed by atoms with Gasteiger partial charge in [0.2, 0.25) is 5.91 Å². The lowest BCUT2D eigenvalue weighted by Crippen LogP contribution is -2.38. The highest BCUT2D eigenvalue weighted by Crippen LogP contribution is 2.40. The van der Waals surface area contributed by atoms with Gasteiger partial charge in [0.1, 0.15) is 0 Å². The highest BCUT2D eigenvalue weighted by molar-refractivity contribution is 5.80. The molecule has 1 aliphatic heterocycles. The number of nitrogens with zero attached hydrogens (tertiary/aromatic N) is 1. The van der Waals surface area contributed by atoms with Crippen LogP contribution < -0.4 is 0 Å². The molecule has 1 saturated carbocycles. The van der Waals surface area contributed by atoms with Crippen LogP contribution >= 0.6 is 0 Å². The van der Waals surface area contributed by atoms with Crippen LogP contribution in [0.4, 0.5) is 13.2 Å². The number of carboxylic acid groups (broad SMARTS) is 1. The standard InChI is InChI=1S/C13H18F3NO3/c14-13(15,16)10-3-1-8(2-4-10)11(18)17-6-5-9(7-17)12(19)20/h8-10H,1-7H2,(H,19,20). The number of likely N-dealkylation sites (tertiary alicyclic amines) is 1. The lowest BCUT2D eigenvalue weighted by Gasteiger charge is -2.31. The first-order valence-electron chi connectivity index (χ1n) is 6.87. The second kappa shape index (κ2) is 5.61. The summed E-state index contributed by atoms with van der Waals surface area (Å²) >= 11 is 0. The predicted molar refractivity (Wildman–Crippen MR) is 63.8 cm³/mol. The van der Waals surface area contributed by atoms with E-state index in [9.17, 15) is 22.8 Å². The molecule has 1 amide bonds. The van der Waals surface area contributed by atoms with Crippen LogP contribution in [0.5, 0.6) is 0 Å². The summed E-state index contributed by atoms with van der Waals surface area (Å²) in [5.41, 5.74) is 0. The average molecular weight is 293 g/mol. The number of carbonyl (C=O) groups is 2. The zero-order valence-electron chi connectivity index (χ0n) is 11.0. The molecule has 1 N–H and O–H groups in total. The maximum Gasteiger partial charge on any atom is 0.391 e. The van der Waals surface area contributed by atoms with Crippen LogP contribution in [-0.2, 0) is 9.59 Å². The van der Waals surface area contributed by atoms with E-state index in [1.807, 2.05) is 0 Å². The first kappa shape index (κ1) is 15.1. The van der Waals surface area contributed by atoms with E-state index >= 15 is 0 Å². The maximum atomic E-state index is 12.5. The van der Waals surface area contributed by atoms with Crippen molar-refractivity contribution in [2.75, 3.05) is 13.1 Å². The Kier molecular flexibility index (Phi) is 4.25. The number of aliphatic carboxylic acids is 1. The number of hydrogen-bond donors (Lipinski definition) is 1. The largest absolute Gasteiger partial charge is 0.481 e. The Hall–Kier alpha value is -1.27. The van der Waals surface area contributed by atoms with Crippen molar-refractivity contribution in [3.63, 3.8) is 0 Å². The molecule has 1 atom stereocenters. The zero-order chi connectivity index (χ0) is 14.9.